The van der Waals surface area contributed by atoms with E-state index in [0.717, 1.165) is 22.6 Å². The Kier molecular flexibility index (Phi) is 2.42. The molecule has 1 aromatic carbocycles. The molecule has 1 aliphatic heterocycles. The molecule has 1 aliphatic rings. The summed E-state index contributed by atoms with van der Waals surface area (Å²) in [6.45, 7) is 1.47. The first-order valence-corrected chi connectivity index (χ1v) is 5.43. The van der Waals surface area contributed by atoms with Gasteiger partial charge in [0.1, 0.15) is 5.82 Å². The number of benzene rings is 1. The van der Waals surface area contributed by atoms with Crippen LogP contribution in [0, 0.1) is 5.82 Å². The van der Waals surface area contributed by atoms with Gasteiger partial charge in [-0.05, 0) is 24.3 Å². The fraction of sp³-hybridized carbons (Fsp3) is 0.250. The molecular weight excluding hydrogens is 221 g/mol. The highest BCUT2D eigenvalue weighted by Gasteiger charge is 2.22. The topological polar surface area (TPSA) is 53.1 Å². The number of ether oxygens (including phenoxy) is 1. The maximum Gasteiger partial charge on any atom is 0.123 e. The first-order chi connectivity index (χ1) is 8.29. The fourth-order valence-corrected chi connectivity index (χ4v) is 2.07. The molecule has 0 bridgehead atoms. The molecule has 0 unspecified atom stereocenters. The van der Waals surface area contributed by atoms with E-state index in [9.17, 15) is 4.39 Å². The van der Waals surface area contributed by atoms with Gasteiger partial charge in [0.15, 0.2) is 0 Å². The van der Waals surface area contributed by atoms with Crippen LogP contribution >= 0.6 is 0 Å². The van der Waals surface area contributed by atoms with E-state index < -0.39 is 0 Å². The highest BCUT2D eigenvalue weighted by Crippen LogP contribution is 2.25. The van der Waals surface area contributed by atoms with E-state index in [1.54, 1.807) is 16.8 Å². The summed E-state index contributed by atoms with van der Waals surface area (Å²) in [5.74, 6) is -0.258. The predicted octanol–water partition coefficient (Wildman–Crippen LogP) is 1.50. The molecular formula is C12H12FN3O. The molecule has 0 spiro atoms. The van der Waals surface area contributed by atoms with Gasteiger partial charge >= 0.3 is 0 Å². The Balaban J connectivity index is 2.11. The molecule has 0 radical (unpaired) electrons. The molecule has 5 heteroatoms. The van der Waals surface area contributed by atoms with Crippen LogP contribution in [0.25, 0.3) is 5.69 Å². The second-order valence-corrected chi connectivity index (χ2v) is 3.96. The zero-order valence-electron chi connectivity index (χ0n) is 9.19. The maximum absolute atomic E-state index is 12.9. The van der Waals surface area contributed by atoms with Gasteiger partial charge < -0.3 is 10.5 Å². The third-order valence-corrected chi connectivity index (χ3v) is 2.92. The lowest BCUT2D eigenvalue weighted by molar-refractivity contribution is 0.130. The molecule has 0 amide bonds. The summed E-state index contributed by atoms with van der Waals surface area (Å²) < 4.78 is 20.0. The lowest BCUT2D eigenvalue weighted by Gasteiger charge is -2.07. The van der Waals surface area contributed by atoms with Gasteiger partial charge in [0.2, 0.25) is 0 Å². The van der Waals surface area contributed by atoms with Crippen LogP contribution in [0.5, 0.6) is 0 Å². The highest BCUT2D eigenvalue weighted by molar-refractivity contribution is 5.38. The van der Waals surface area contributed by atoms with Gasteiger partial charge in [-0.2, -0.15) is 5.10 Å². The Morgan fingerprint density at radius 1 is 1.29 bits per heavy atom. The summed E-state index contributed by atoms with van der Waals surface area (Å²) in [4.78, 5) is 0. The van der Waals surface area contributed by atoms with Crippen LogP contribution in [0.15, 0.2) is 24.3 Å². The Morgan fingerprint density at radius 2 is 2.06 bits per heavy atom. The van der Waals surface area contributed by atoms with Crippen LogP contribution in [0.4, 0.5) is 4.39 Å². The largest absolute Gasteiger partial charge is 0.370 e. The van der Waals surface area contributed by atoms with Crippen molar-refractivity contribution >= 4 is 0 Å². The molecule has 4 nitrogen and oxygen atoms in total. The zero-order chi connectivity index (χ0) is 11.8. The number of hydrogen-bond donors (Lipinski definition) is 1. The van der Waals surface area contributed by atoms with E-state index in [1.807, 2.05) is 0 Å². The van der Waals surface area contributed by atoms with Crippen LogP contribution in [-0.4, -0.2) is 9.78 Å². The molecule has 2 heterocycles. The molecule has 0 saturated heterocycles. The molecule has 2 N–H and O–H groups in total. The zero-order valence-corrected chi connectivity index (χ0v) is 9.19. The van der Waals surface area contributed by atoms with Crippen LogP contribution in [0.1, 0.15) is 17.0 Å². The summed E-state index contributed by atoms with van der Waals surface area (Å²) in [6, 6.07) is 6.22. The van der Waals surface area contributed by atoms with Crippen molar-refractivity contribution in [1.29, 1.82) is 0 Å². The molecule has 0 saturated carbocycles. The first-order valence-electron chi connectivity index (χ1n) is 5.43. The normalized spacial score (nSPS) is 14.0. The Morgan fingerprint density at radius 3 is 2.76 bits per heavy atom. The fourth-order valence-electron chi connectivity index (χ4n) is 2.07. The van der Waals surface area contributed by atoms with E-state index in [0.29, 0.717) is 19.8 Å². The number of hydrogen-bond acceptors (Lipinski definition) is 3. The second kappa shape index (κ2) is 3.94. The maximum atomic E-state index is 12.9. The number of rotatable bonds is 2. The Labute approximate surface area is 97.8 Å². The first kappa shape index (κ1) is 10.4. The van der Waals surface area contributed by atoms with Crippen LogP contribution in [0.3, 0.4) is 0 Å². The molecule has 0 atom stereocenters. The monoisotopic (exact) mass is 233 g/mol. The van der Waals surface area contributed by atoms with Crippen molar-refractivity contribution in [3.63, 3.8) is 0 Å². The molecule has 88 valence electrons. The third kappa shape index (κ3) is 1.64. The summed E-state index contributed by atoms with van der Waals surface area (Å²) >= 11 is 0. The minimum atomic E-state index is -0.258. The number of fused-ring (bicyclic) bond motifs is 1. The van der Waals surface area contributed by atoms with E-state index >= 15 is 0 Å². The average Bonchev–Trinajstić information content (AvgIpc) is 2.89. The van der Waals surface area contributed by atoms with Crippen molar-refractivity contribution in [2.45, 2.75) is 19.8 Å². The van der Waals surface area contributed by atoms with Crippen molar-refractivity contribution in [3.05, 3.63) is 47.0 Å². The average molecular weight is 233 g/mol. The second-order valence-electron chi connectivity index (χ2n) is 3.96. The van der Waals surface area contributed by atoms with Crippen LogP contribution in [-0.2, 0) is 24.5 Å². The number of nitrogens with two attached hydrogens (primary N) is 1. The Bertz CT molecular complexity index is 548. The summed E-state index contributed by atoms with van der Waals surface area (Å²) in [5, 5.41) is 4.45. The standard InChI is InChI=1S/C12H12FN3O/c13-8-1-3-9(4-2-8)16-12(5-14)10-6-17-7-11(10)15-16/h1-4H,5-7,14H2. The van der Waals surface area contributed by atoms with Gasteiger partial charge in [0, 0.05) is 12.1 Å². The summed E-state index contributed by atoms with van der Waals surface area (Å²) in [7, 11) is 0. The number of halogens is 1. The van der Waals surface area contributed by atoms with Gasteiger partial charge in [-0.15, -0.1) is 0 Å². The smallest absolute Gasteiger partial charge is 0.123 e. The van der Waals surface area contributed by atoms with Gasteiger partial charge in [-0.3, -0.25) is 0 Å². The third-order valence-electron chi connectivity index (χ3n) is 2.92. The van der Waals surface area contributed by atoms with Crippen molar-refractivity contribution < 1.29 is 9.13 Å². The lowest BCUT2D eigenvalue weighted by Crippen LogP contribution is -2.09. The van der Waals surface area contributed by atoms with E-state index in [4.69, 9.17) is 10.5 Å². The highest BCUT2D eigenvalue weighted by atomic mass is 19.1. The number of nitrogens with zero attached hydrogens (tertiary/aromatic N) is 2. The van der Waals surface area contributed by atoms with Crippen molar-refractivity contribution in [1.82, 2.24) is 9.78 Å². The molecule has 17 heavy (non-hydrogen) atoms. The quantitative estimate of drug-likeness (QED) is 0.855. The van der Waals surface area contributed by atoms with Crippen LogP contribution in [0.2, 0.25) is 0 Å². The summed E-state index contributed by atoms with van der Waals surface area (Å²) in [5.41, 5.74) is 9.49. The van der Waals surface area contributed by atoms with Crippen LogP contribution < -0.4 is 5.73 Å². The van der Waals surface area contributed by atoms with Crippen molar-refractivity contribution in [2.75, 3.05) is 0 Å². The SMILES string of the molecule is NCc1c2c(nn1-c1ccc(F)cc1)COC2. The minimum Gasteiger partial charge on any atom is -0.370 e. The molecule has 0 fully saturated rings. The van der Waals surface area contributed by atoms with E-state index in [-0.39, 0.29) is 5.82 Å². The van der Waals surface area contributed by atoms with Gasteiger partial charge in [-0.25, -0.2) is 9.07 Å². The molecule has 3 rings (SSSR count). The molecule has 2 aromatic rings. The van der Waals surface area contributed by atoms with Gasteiger partial charge in [-0.1, -0.05) is 0 Å². The Hall–Kier alpha value is -1.72. The predicted molar refractivity (Wildman–Crippen MR) is 59.9 cm³/mol. The van der Waals surface area contributed by atoms with Gasteiger partial charge in [0.25, 0.3) is 0 Å². The van der Waals surface area contributed by atoms with Crippen molar-refractivity contribution in [3.8, 4) is 5.69 Å². The minimum absolute atomic E-state index is 0.258. The summed E-state index contributed by atoms with van der Waals surface area (Å²) in [6.07, 6.45) is 0. The lowest BCUT2D eigenvalue weighted by atomic mass is 10.2. The number of aromatic nitrogens is 2. The van der Waals surface area contributed by atoms with E-state index in [1.165, 1.54) is 12.1 Å². The molecule has 0 aliphatic carbocycles. The van der Waals surface area contributed by atoms with Gasteiger partial charge in [0.05, 0.1) is 30.3 Å². The van der Waals surface area contributed by atoms with Crippen molar-refractivity contribution in [2.24, 2.45) is 5.73 Å². The molecule has 1 aromatic heterocycles. The van der Waals surface area contributed by atoms with E-state index in [2.05, 4.69) is 5.10 Å².